The van der Waals surface area contributed by atoms with Crippen molar-refractivity contribution in [2.45, 2.75) is 59.0 Å². The maximum Gasteiger partial charge on any atom is 0.496 e. The molecule has 0 radical (unpaired) electrons. The molecule has 2 rings (SSSR count). The van der Waals surface area contributed by atoms with Gasteiger partial charge in [-0.15, -0.1) is 0 Å². The van der Waals surface area contributed by atoms with Gasteiger partial charge in [-0.2, -0.15) is 0 Å². The van der Waals surface area contributed by atoms with Crippen LogP contribution < -0.4 is 5.46 Å². The average molecular weight is 307 g/mol. The molecule has 0 saturated carbocycles. The summed E-state index contributed by atoms with van der Waals surface area (Å²) in [6.45, 7) is 13.1. The summed E-state index contributed by atoms with van der Waals surface area (Å²) in [6, 6.07) is 3.83. The topological polar surface area (TPSA) is 49.8 Å². The van der Waals surface area contributed by atoms with E-state index in [9.17, 15) is 0 Å². The Labute approximate surface area is 133 Å². The van der Waals surface area contributed by atoms with Crippen LogP contribution in [-0.2, 0) is 18.8 Å². The SMILES string of the molecule is CCOC(OCC)c1ncccc1B1OC(C)(C)C(C)(C)O1. The lowest BCUT2D eigenvalue weighted by Crippen LogP contribution is -2.41. The van der Waals surface area contributed by atoms with Crippen LogP contribution >= 0.6 is 0 Å². The maximum atomic E-state index is 6.12. The fourth-order valence-electron chi connectivity index (χ4n) is 2.30. The van der Waals surface area contributed by atoms with Gasteiger partial charge in [0, 0.05) is 24.9 Å². The van der Waals surface area contributed by atoms with E-state index in [0.29, 0.717) is 18.9 Å². The lowest BCUT2D eigenvalue weighted by Gasteiger charge is -2.32. The van der Waals surface area contributed by atoms with Gasteiger partial charge in [0.1, 0.15) is 0 Å². The molecule has 0 spiro atoms. The van der Waals surface area contributed by atoms with Crippen molar-refractivity contribution in [2.75, 3.05) is 13.2 Å². The molecule has 122 valence electrons. The smallest absolute Gasteiger partial charge is 0.399 e. The highest BCUT2D eigenvalue weighted by molar-refractivity contribution is 6.62. The Morgan fingerprint density at radius 1 is 1.09 bits per heavy atom. The van der Waals surface area contributed by atoms with Crippen molar-refractivity contribution in [1.82, 2.24) is 4.98 Å². The van der Waals surface area contributed by atoms with Crippen molar-refractivity contribution in [3.63, 3.8) is 0 Å². The Morgan fingerprint density at radius 2 is 1.64 bits per heavy atom. The zero-order valence-corrected chi connectivity index (χ0v) is 14.4. The van der Waals surface area contributed by atoms with Gasteiger partial charge in [0.05, 0.1) is 16.9 Å². The van der Waals surface area contributed by atoms with Crippen molar-refractivity contribution in [2.24, 2.45) is 0 Å². The molecule has 6 heteroatoms. The summed E-state index contributed by atoms with van der Waals surface area (Å²) in [7, 11) is -0.475. The molecular formula is C16H26BNO4. The fraction of sp³-hybridized carbons (Fsp3) is 0.688. The molecule has 1 aliphatic rings. The zero-order chi connectivity index (χ0) is 16.4. The minimum Gasteiger partial charge on any atom is -0.399 e. The lowest BCUT2D eigenvalue weighted by molar-refractivity contribution is -0.142. The second-order valence-corrected chi connectivity index (χ2v) is 6.31. The molecule has 0 aliphatic carbocycles. The number of nitrogens with zero attached hydrogens (tertiary/aromatic N) is 1. The standard InChI is InChI=1S/C16H26BNO4/c1-7-19-14(20-8-2)13-12(10-9-11-18-13)17-21-15(3,4)16(5,6)22-17/h9-11,14H,7-8H2,1-6H3. The van der Waals surface area contributed by atoms with E-state index in [2.05, 4.69) is 4.98 Å². The summed E-state index contributed by atoms with van der Waals surface area (Å²) < 4.78 is 23.6. The van der Waals surface area contributed by atoms with Crippen LogP contribution in [0.3, 0.4) is 0 Å². The average Bonchev–Trinajstić information content (AvgIpc) is 2.67. The molecule has 1 aromatic heterocycles. The zero-order valence-electron chi connectivity index (χ0n) is 14.4. The van der Waals surface area contributed by atoms with E-state index in [1.807, 2.05) is 53.7 Å². The summed E-state index contributed by atoms with van der Waals surface area (Å²) in [6.07, 6.45) is 1.22. The van der Waals surface area contributed by atoms with E-state index in [1.165, 1.54) is 0 Å². The lowest BCUT2D eigenvalue weighted by atomic mass is 9.77. The molecule has 0 unspecified atom stereocenters. The first-order chi connectivity index (χ1) is 10.3. The molecule has 0 amide bonds. The van der Waals surface area contributed by atoms with Gasteiger partial charge >= 0.3 is 7.12 Å². The Hall–Kier alpha value is -0.945. The highest BCUT2D eigenvalue weighted by atomic mass is 16.7. The van der Waals surface area contributed by atoms with Gasteiger partial charge < -0.3 is 18.8 Å². The number of aromatic nitrogens is 1. The maximum absolute atomic E-state index is 6.12. The van der Waals surface area contributed by atoms with E-state index in [4.69, 9.17) is 18.8 Å². The van der Waals surface area contributed by atoms with Gasteiger partial charge in [0.25, 0.3) is 0 Å². The molecule has 0 N–H and O–H groups in total. The molecule has 5 nitrogen and oxygen atoms in total. The summed E-state index contributed by atoms with van der Waals surface area (Å²) in [5, 5.41) is 0. The van der Waals surface area contributed by atoms with Gasteiger partial charge in [0.15, 0.2) is 0 Å². The second kappa shape index (κ2) is 6.66. The van der Waals surface area contributed by atoms with Crippen LogP contribution in [0.15, 0.2) is 18.3 Å². The Bertz CT molecular complexity index is 485. The molecule has 1 saturated heterocycles. The minimum absolute atomic E-state index is 0.391. The summed E-state index contributed by atoms with van der Waals surface area (Å²) in [4.78, 5) is 4.45. The second-order valence-electron chi connectivity index (χ2n) is 6.31. The van der Waals surface area contributed by atoms with Crippen molar-refractivity contribution < 1.29 is 18.8 Å². The largest absolute Gasteiger partial charge is 0.496 e. The Kier molecular flexibility index (Phi) is 5.27. The van der Waals surface area contributed by atoms with Crippen LogP contribution in [0.2, 0.25) is 0 Å². The Morgan fingerprint density at radius 3 is 2.14 bits per heavy atom. The molecule has 0 atom stereocenters. The molecule has 1 fully saturated rings. The van der Waals surface area contributed by atoms with E-state index in [-0.39, 0.29) is 0 Å². The molecule has 1 aromatic rings. The van der Waals surface area contributed by atoms with Gasteiger partial charge in [-0.3, -0.25) is 4.98 Å². The van der Waals surface area contributed by atoms with E-state index >= 15 is 0 Å². The van der Waals surface area contributed by atoms with Gasteiger partial charge in [-0.25, -0.2) is 0 Å². The highest BCUT2D eigenvalue weighted by Crippen LogP contribution is 2.37. The molecular weight excluding hydrogens is 281 g/mol. The number of ether oxygens (including phenoxy) is 2. The first-order valence-electron chi connectivity index (χ1n) is 7.86. The minimum atomic E-state index is -0.509. The van der Waals surface area contributed by atoms with Gasteiger partial charge in [-0.05, 0) is 47.6 Å². The molecule has 22 heavy (non-hydrogen) atoms. The fourth-order valence-corrected chi connectivity index (χ4v) is 2.30. The quantitative estimate of drug-likeness (QED) is 0.597. The third kappa shape index (κ3) is 3.35. The monoisotopic (exact) mass is 307 g/mol. The van der Waals surface area contributed by atoms with E-state index in [1.54, 1.807) is 6.20 Å². The van der Waals surface area contributed by atoms with Crippen molar-refractivity contribution in [1.29, 1.82) is 0 Å². The van der Waals surface area contributed by atoms with E-state index in [0.717, 1.165) is 5.46 Å². The predicted octanol–water partition coefficient (Wildman–Crippen LogP) is 2.45. The normalized spacial score (nSPS) is 19.9. The molecule has 1 aliphatic heterocycles. The van der Waals surface area contributed by atoms with E-state index < -0.39 is 24.6 Å². The molecule has 2 heterocycles. The number of hydrogen-bond acceptors (Lipinski definition) is 5. The van der Waals surface area contributed by atoms with Crippen LogP contribution in [0.25, 0.3) is 0 Å². The third-order valence-electron chi connectivity index (χ3n) is 4.24. The number of rotatable bonds is 6. The van der Waals surface area contributed by atoms with Crippen LogP contribution in [0, 0.1) is 0 Å². The Balaban J connectivity index is 2.33. The third-order valence-corrected chi connectivity index (χ3v) is 4.24. The van der Waals surface area contributed by atoms with Crippen LogP contribution in [0.1, 0.15) is 53.5 Å². The molecule has 0 bridgehead atoms. The highest BCUT2D eigenvalue weighted by Gasteiger charge is 2.52. The van der Waals surface area contributed by atoms with Crippen LogP contribution in [0.4, 0.5) is 0 Å². The van der Waals surface area contributed by atoms with Crippen molar-refractivity contribution in [3.05, 3.63) is 24.0 Å². The van der Waals surface area contributed by atoms with Crippen molar-refractivity contribution in [3.8, 4) is 0 Å². The summed E-state index contributed by atoms with van der Waals surface area (Å²) in [5.41, 5.74) is 0.785. The van der Waals surface area contributed by atoms with Crippen molar-refractivity contribution >= 4 is 12.6 Å². The van der Waals surface area contributed by atoms with Crippen LogP contribution in [-0.4, -0.2) is 36.5 Å². The predicted molar refractivity (Wildman–Crippen MR) is 85.9 cm³/mol. The first kappa shape index (κ1) is 17.4. The number of hydrogen-bond donors (Lipinski definition) is 0. The summed E-state index contributed by atoms with van der Waals surface area (Å²) >= 11 is 0. The first-order valence-corrected chi connectivity index (χ1v) is 7.86. The summed E-state index contributed by atoms with van der Waals surface area (Å²) in [5.74, 6) is 0. The molecule has 0 aromatic carbocycles. The number of pyridine rings is 1. The van der Waals surface area contributed by atoms with Gasteiger partial charge in [0.2, 0.25) is 6.29 Å². The van der Waals surface area contributed by atoms with Crippen LogP contribution in [0.5, 0.6) is 0 Å². The van der Waals surface area contributed by atoms with Gasteiger partial charge in [-0.1, -0.05) is 6.07 Å².